The Morgan fingerprint density at radius 1 is 1.64 bits per heavy atom. The molecule has 0 radical (unpaired) electrons. The number of aromatic nitrogens is 1. The molecule has 0 saturated heterocycles. The van der Waals surface area contributed by atoms with Crippen molar-refractivity contribution in [1.29, 1.82) is 0 Å². The maximum Gasteiger partial charge on any atom is 0.225 e. The van der Waals surface area contributed by atoms with Crippen LogP contribution in [-0.4, -0.2) is 10.9 Å². The number of anilines is 1. The molecule has 0 spiro atoms. The summed E-state index contributed by atoms with van der Waals surface area (Å²) >= 11 is 3.20. The van der Waals surface area contributed by atoms with Crippen LogP contribution < -0.4 is 5.32 Å². The van der Waals surface area contributed by atoms with Crippen molar-refractivity contribution >= 4 is 27.5 Å². The molecule has 0 saturated carbocycles. The van der Waals surface area contributed by atoms with E-state index < -0.39 is 0 Å². The lowest BCUT2D eigenvalue weighted by molar-refractivity contribution is -0.116. The number of amides is 1. The second-order valence-electron chi connectivity index (χ2n) is 2.62. The van der Waals surface area contributed by atoms with E-state index in [-0.39, 0.29) is 5.91 Å². The summed E-state index contributed by atoms with van der Waals surface area (Å²) in [6.45, 7) is 0. The molecule has 1 rings (SSSR count). The van der Waals surface area contributed by atoms with E-state index >= 15 is 0 Å². The summed E-state index contributed by atoms with van der Waals surface area (Å²) in [4.78, 5) is 15.2. The van der Waals surface area contributed by atoms with Gasteiger partial charge in [-0.2, -0.15) is 0 Å². The van der Waals surface area contributed by atoms with Crippen LogP contribution in [0, 0.1) is 12.3 Å². The van der Waals surface area contributed by atoms with E-state index in [4.69, 9.17) is 6.42 Å². The standard InChI is InChI=1S/C10H9BrN2O/c1-2-3-4-10(14)13-8-5-6-9(11)12-7-8/h1,5-7H,3-4H2,(H,13,14). The first-order valence-corrected chi connectivity index (χ1v) is 4.86. The van der Waals surface area contributed by atoms with Crippen molar-refractivity contribution in [2.45, 2.75) is 12.8 Å². The summed E-state index contributed by atoms with van der Waals surface area (Å²) in [5.41, 5.74) is 0.676. The average Bonchev–Trinajstić information content (AvgIpc) is 2.18. The quantitative estimate of drug-likeness (QED) is 0.662. The number of carbonyl (C=O) groups excluding carboxylic acids is 1. The highest BCUT2D eigenvalue weighted by atomic mass is 79.9. The van der Waals surface area contributed by atoms with Crippen LogP contribution in [0.4, 0.5) is 5.69 Å². The molecular formula is C10H9BrN2O. The van der Waals surface area contributed by atoms with Gasteiger partial charge in [-0.1, -0.05) is 0 Å². The predicted molar refractivity (Wildman–Crippen MR) is 58.6 cm³/mol. The normalized spacial score (nSPS) is 9.14. The first-order valence-electron chi connectivity index (χ1n) is 4.07. The van der Waals surface area contributed by atoms with Gasteiger partial charge in [0.2, 0.25) is 5.91 Å². The van der Waals surface area contributed by atoms with Crippen LogP contribution in [0.3, 0.4) is 0 Å². The van der Waals surface area contributed by atoms with Gasteiger partial charge in [-0.25, -0.2) is 4.98 Å². The zero-order valence-electron chi connectivity index (χ0n) is 7.46. The van der Waals surface area contributed by atoms with Gasteiger partial charge in [-0.3, -0.25) is 4.79 Å². The number of hydrogen-bond acceptors (Lipinski definition) is 2. The number of carbonyl (C=O) groups is 1. The molecule has 3 nitrogen and oxygen atoms in total. The average molecular weight is 253 g/mol. The minimum atomic E-state index is -0.0907. The van der Waals surface area contributed by atoms with Gasteiger partial charge in [-0.05, 0) is 28.1 Å². The summed E-state index contributed by atoms with van der Waals surface area (Å²) in [7, 11) is 0. The lowest BCUT2D eigenvalue weighted by Crippen LogP contribution is -2.10. The zero-order chi connectivity index (χ0) is 10.4. The molecule has 0 atom stereocenters. The minimum Gasteiger partial charge on any atom is -0.325 e. The summed E-state index contributed by atoms with van der Waals surface area (Å²) in [6.07, 6.45) is 7.42. The maximum absolute atomic E-state index is 11.2. The lowest BCUT2D eigenvalue weighted by atomic mass is 10.3. The highest BCUT2D eigenvalue weighted by Gasteiger charge is 2.00. The van der Waals surface area contributed by atoms with E-state index in [1.165, 1.54) is 0 Å². The highest BCUT2D eigenvalue weighted by Crippen LogP contribution is 2.10. The van der Waals surface area contributed by atoms with E-state index in [9.17, 15) is 4.79 Å². The molecule has 1 heterocycles. The first-order chi connectivity index (χ1) is 6.72. The number of rotatable bonds is 3. The molecule has 0 bridgehead atoms. The fourth-order valence-electron chi connectivity index (χ4n) is 0.859. The smallest absolute Gasteiger partial charge is 0.225 e. The molecule has 14 heavy (non-hydrogen) atoms. The highest BCUT2D eigenvalue weighted by molar-refractivity contribution is 9.10. The Morgan fingerprint density at radius 3 is 3.00 bits per heavy atom. The van der Waals surface area contributed by atoms with Gasteiger partial charge < -0.3 is 5.32 Å². The Balaban J connectivity index is 2.49. The Labute approximate surface area is 91.1 Å². The molecule has 1 aromatic rings. The Morgan fingerprint density at radius 2 is 2.43 bits per heavy atom. The number of hydrogen-bond donors (Lipinski definition) is 1. The van der Waals surface area contributed by atoms with E-state index in [0.29, 0.717) is 18.5 Å². The molecule has 1 aromatic heterocycles. The second-order valence-corrected chi connectivity index (χ2v) is 3.43. The number of halogens is 1. The SMILES string of the molecule is C#CCCC(=O)Nc1ccc(Br)nc1. The third-order valence-electron chi connectivity index (χ3n) is 1.51. The number of nitrogens with one attached hydrogen (secondary N) is 1. The largest absolute Gasteiger partial charge is 0.325 e. The van der Waals surface area contributed by atoms with Crippen LogP contribution in [0.15, 0.2) is 22.9 Å². The molecular weight excluding hydrogens is 244 g/mol. The second kappa shape index (κ2) is 5.40. The zero-order valence-corrected chi connectivity index (χ0v) is 9.04. The van der Waals surface area contributed by atoms with Gasteiger partial charge in [0.1, 0.15) is 4.60 Å². The van der Waals surface area contributed by atoms with Crippen LogP contribution >= 0.6 is 15.9 Å². The predicted octanol–water partition coefficient (Wildman–Crippen LogP) is 2.20. The van der Waals surface area contributed by atoms with Gasteiger partial charge in [0, 0.05) is 12.8 Å². The van der Waals surface area contributed by atoms with E-state index in [1.807, 2.05) is 0 Å². The van der Waals surface area contributed by atoms with Crippen LogP contribution in [0.2, 0.25) is 0 Å². The van der Waals surface area contributed by atoms with Gasteiger partial charge in [-0.15, -0.1) is 12.3 Å². The Hall–Kier alpha value is -1.34. The van der Waals surface area contributed by atoms with Gasteiger partial charge in [0.15, 0.2) is 0 Å². The minimum absolute atomic E-state index is 0.0907. The van der Waals surface area contributed by atoms with E-state index in [0.717, 1.165) is 4.60 Å². The van der Waals surface area contributed by atoms with Crippen LogP contribution in [0.1, 0.15) is 12.8 Å². The Kier molecular flexibility index (Phi) is 4.14. The Bertz CT molecular complexity index is 353. The summed E-state index contributed by atoms with van der Waals surface area (Å²) in [5.74, 6) is 2.32. The molecule has 0 aliphatic carbocycles. The van der Waals surface area contributed by atoms with Gasteiger partial charge >= 0.3 is 0 Å². The molecule has 0 aromatic carbocycles. The topological polar surface area (TPSA) is 42.0 Å². The fourth-order valence-corrected chi connectivity index (χ4v) is 1.09. The molecule has 1 N–H and O–H groups in total. The molecule has 0 fully saturated rings. The van der Waals surface area contributed by atoms with Crippen molar-refractivity contribution in [3.63, 3.8) is 0 Å². The third-order valence-corrected chi connectivity index (χ3v) is 1.98. The number of terminal acetylenes is 1. The summed E-state index contributed by atoms with van der Waals surface area (Å²) in [6, 6.07) is 3.53. The molecule has 0 unspecified atom stereocenters. The van der Waals surface area contributed by atoms with Crippen LogP contribution in [0.25, 0.3) is 0 Å². The van der Waals surface area contributed by atoms with Crippen LogP contribution in [-0.2, 0) is 4.79 Å². The first kappa shape index (κ1) is 10.7. The number of nitrogens with zero attached hydrogens (tertiary/aromatic N) is 1. The van der Waals surface area contributed by atoms with E-state index in [1.54, 1.807) is 18.3 Å². The summed E-state index contributed by atoms with van der Waals surface area (Å²) in [5, 5.41) is 2.69. The number of pyridine rings is 1. The maximum atomic E-state index is 11.2. The fraction of sp³-hybridized carbons (Fsp3) is 0.200. The van der Waals surface area contributed by atoms with Crippen molar-refractivity contribution in [2.24, 2.45) is 0 Å². The van der Waals surface area contributed by atoms with Crippen molar-refractivity contribution in [3.8, 4) is 12.3 Å². The lowest BCUT2D eigenvalue weighted by Gasteiger charge is -2.02. The van der Waals surface area contributed by atoms with Crippen molar-refractivity contribution in [3.05, 3.63) is 22.9 Å². The molecule has 72 valence electrons. The molecule has 0 aliphatic heterocycles. The monoisotopic (exact) mass is 252 g/mol. The van der Waals surface area contributed by atoms with Crippen molar-refractivity contribution in [1.82, 2.24) is 4.98 Å². The molecule has 0 aliphatic rings. The van der Waals surface area contributed by atoms with Crippen LogP contribution in [0.5, 0.6) is 0 Å². The molecule has 1 amide bonds. The third kappa shape index (κ3) is 3.58. The van der Waals surface area contributed by atoms with Crippen molar-refractivity contribution in [2.75, 3.05) is 5.32 Å². The van der Waals surface area contributed by atoms with Gasteiger partial charge in [0.25, 0.3) is 0 Å². The molecule has 4 heteroatoms. The van der Waals surface area contributed by atoms with Gasteiger partial charge in [0.05, 0.1) is 11.9 Å². The van der Waals surface area contributed by atoms with E-state index in [2.05, 4.69) is 32.2 Å². The summed E-state index contributed by atoms with van der Waals surface area (Å²) < 4.78 is 0.735. The van der Waals surface area contributed by atoms with Crippen molar-refractivity contribution < 1.29 is 4.79 Å².